The molecule has 1 aromatic carbocycles. The molecule has 3 fully saturated rings. The Morgan fingerprint density at radius 1 is 1.04 bits per heavy atom. The van der Waals surface area contributed by atoms with Gasteiger partial charge in [-0.05, 0) is 61.6 Å². The molecule has 56 heavy (non-hydrogen) atoms. The van der Waals surface area contributed by atoms with Gasteiger partial charge in [0.05, 0.1) is 17.6 Å². The number of benzene rings is 1. The van der Waals surface area contributed by atoms with Crippen molar-refractivity contribution in [1.82, 2.24) is 30.8 Å². The standard InChI is InChI=1S/C40H51ClFN7O7/c1-5-9-28(33(50)37(53)44-25-14-15-25)45-35(51)29-19-26(55-31-17-12-23(41)20-43-31)21-49(29)38(54)34(40(2,3)4)48-36(52)32(22-10-7-6-8-11-22)47-39-46-27-16-13-24(42)18-30(27)56-39/h12-13,16-18,20,22,25-26,28-29,32,34H,5-11,14-15,19,21H2,1-4H3,(H,44,53)(H,45,51)(H,46,47)(H,48,52)/t26-,28+,29+,32+,34-/m1/s1. The molecule has 0 unspecified atom stereocenters. The minimum atomic E-state index is -1.11. The van der Waals surface area contributed by atoms with Gasteiger partial charge in [-0.1, -0.05) is 65.0 Å². The first-order valence-electron chi connectivity index (χ1n) is 19.6. The molecule has 3 aromatic rings. The van der Waals surface area contributed by atoms with E-state index in [1.807, 2.05) is 27.7 Å². The van der Waals surface area contributed by atoms with E-state index in [4.69, 9.17) is 20.8 Å². The summed E-state index contributed by atoms with van der Waals surface area (Å²) in [5, 5.41) is 12.0. The lowest BCUT2D eigenvalue weighted by molar-refractivity contribution is -0.145. The molecule has 14 nitrogen and oxygen atoms in total. The number of pyridine rings is 1. The number of rotatable bonds is 15. The average molecular weight is 796 g/mol. The van der Waals surface area contributed by atoms with Gasteiger partial charge in [0.2, 0.25) is 29.4 Å². The number of hydrogen-bond acceptors (Lipinski definition) is 10. The van der Waals surface area contributed by atoms with Crippen molar-refractivity contribution in [3.63, 3.8) is 0 Å². The quantitative estimate of drug-likeness (QED) is 0.151. The van der Waals surface area contributed by atoms with Crippen LogP contribution in [-0.2, 0) is 24.0 Å². The Kier molecular flexibility index (Phi) is 12.8. The maximum Gasteiger partial charge on any atom is 0.296 e. The molecule has 0 bridgehead atoms. The Hall–Kier alpha value is -4.79. The van der Waals surface area contributed by atoms with Gasteiger partial charge in [0.25, 0.3) is 11.9 Å². The second-order valence-electron chi connectivity index (χ2n) is 16.2. The third-order valence-corrected chi connectivity index (χ3v) is 10.8. The lowest BCUT2D eigenvalue weighted by atomic mass is 9.82. The van der Waals surface area contributed by atoms with Crippen molar-refractivity contribution in [3.8, 4) is 5.88 Å². The van der Waals surface area contributed by atoms with Crippen LogP contribution >= 0.6 is 11.6 Å². The Morgan fingerprint density at radius 3 is 2.45 bits per heavy atom. The molecule has 0 radical (unpaired) electrons. The summed E-state index contributed by atoms with van der Waals surface area (Å²) in [6, 6.07) is 3.07. The molecular weight excluding hydrogens is 745 g/mol. The summed E-state index contributed by atoms with van der Waals surface area (Å²) in [6.07, 6.45) is 7.55. The normalized spacial score (nSPS) is 20.5. The minimum Gasteiger partial charge on any atom is -0.472 e. The van der Waals surface area contributed by atoms with Crippen molar-refractivity contribution in [2.75, 3.05) is 11.9 Å². The molecule has 1 saturated heterocycles. The van der Waals surface area contributed by atoms with Crippen molar-refractivity contribution in [1.29, 1.82) is 0 Å². The number of ketones is 1. The van der Waals surface area contributed by atoms with Crippen molar-refractivity contribution in [2.45, 2.75) is 128 Å². The van der Waals surface area contributed by atoms with E-state index < -0.39 is 70.9 Å². The molecule has 16 heteroatoms. The summed E-state index contributed by atoms with van der Waals surface area (Å²) < 4.78 is 25.9. The average Bonchev–Trinajstić information content (AvgIpc) is 3.73. The van der Waals surface area contributed by atoms with Crippen molar-refractivity contribution < 1.29 is 37.5 Å². The number of carbonyl (C=O) groups excluding carboxylic acids is 5. The zero-order chi connectivity index (χ0) is 40.1. The van der Waals surface area contributed by atoms with Gasteiger partial charge in [0.1, 0.15) is 35.6 Å². The van der Waals surface area contributed by atoms with E-state index in [0.717, 1.165) is 44.9 Å². The van der Waals surface area contributed by atoms with Crippen LogP contribution in [0.5, 0.6) is 5.88 Å². The van der Waals surface area contributed by atoms with Gasteiger partial charge >= 0.3 is 0 Å². The van der Waals surface area contributed by atoms with E-state index in [2.05, 4.69) is 31.2 Å². The maximum absolute atomic E-state index is 14.8. The highest BCUT2D eigenvalue weighted by Crippen LogP contribution is 2.32. The van der Waals surface area contributed by atoms with Crippen molar-refractivity contribution in [2.24, 2.45) is 11.3 Å². The highest BCUT2D eigenvalue weighted by Gasteiger charge is 2.47. The van der Waals surface area contributed by atoms with E-state index in [9.17, 15) is 28.4 Å². The number of halogens is 2. The predicted octanol–water partition coefficient (Wildman–Crippen LogP) is 5.09. The number of nitrogens with zero attached hydrogens (tertiary/aromatic N) is 3. The second-order valence-corrected chi connectivity index (χ2v) is 16.7. The van der Waals surface area contributed by atoms with Crippen LogP contribution in [0.25, 0.3) is 11.1 Å². The van der Waals surface area contributed by atoms with Crippen molar-refractivity contribution >= 4 is 58.1 Å². The molecule has 5 atom stereocenters. The topological polar surface area (TPSA) is 185 Å². The Labute approximate surface area is 330 Å². The summed E-state index contributed by atoms with van der Waals surface area (Å²) in [5.74, 6) is -3.43. The molecule has 4 N–H and O–H groups in total. The second kappa shape index (κ2) is 17.6. The summed E-state index contributed by atoms with van der Waals surface area (Å²) in [4.78, 5) is 79.3. The van der Waals surface area contributed by atoms with Gasteiger partial charge < -0.3 is 35.3 Å². The van der Waals surface area contributed by atoms with Crippen LogP contribution < -0.4 is 26.0 Å². The Morgan fingerprint density at radius 2 is 1.79 bits per heavy atom. The van der Waals surface area contributed by atoms with Crippen LogP contribution in [0.3, 0.4) is 0 Å². The number of amides is 4. The Balaban J connectivity index is 1.25. The Bertz CT molecular complexity index is 1910. The van der Waals surface area contributed by atoms with Gasteiger partial charge in [0.15, 0.2) is 5.58 Å². The molecule has 2 saturated carbocycles. The van der Waals surface area contributed by atoms with Gasteiger partial charge in [-0.15, -0.1) is 0 Å². The largest absolute Gasteiger partial charge is 0.472 e. The van der Waals surface area contributed by atoms with Crippen LogP contribution in [0.15, 0.2) is 40.9 Å². The minimum absolute atomic E-state index is 0.0258. The van der Waals surface area contributed by atoms with Crippen LogP contribution in [0.2, 0.25) is 5.02 Å². The summed E-state index contributed by atoms with van der Waals surface area (Å²) in [5.41, 5.74) is -0.179. The molecule has 2 aromatic heterocycles. The highest BCUT2D eigenvalue weighted by molar-refractivity contribution is 6.38. The number of Topliss-reactive ketones (excluding diaryl/α,β-unsaturated/α-hetero) is 1. The fraction of sp³-hybridized carbons (Fsp3) is 0.575. The van der Waals surface area contributed by atoms with E-state index in [1.54, 1.807) is 12.1 Å². The number of fused-ring (bicyclic) bond motifs is 1. The van der Waals surface area contributed by atoms with Gasteiger partial charge in [-0.3, -0.25) is 24.0 Å². The summed E-state index contributed by atoms with van der Waals surface area (Å²) in [7, 11) is 0. The monoisotopic (exact) mass is 795 g/mol. The molecule has 0 spiro atoms. The lowest BCUT2D eigenvalue weighted by Gasteiger charge is -2.37. The third-order valence-electron chi connectivity index (χ3n) is 10.6. The SMILES string of the molecule is CCC[C@H](NC(=O)[C@@H]1C[C@@H](Oc2ccc(Cl)cn2)CN1C(=O)[C@@H](NC(=O)[C@@H](Nc1nc2ccc(F)cc2o1)C1CCCCC1)C(C)(C)C)C(=O)C(=O)NC1CC1. The van der Waals surface area contributed by atoms with Gasteiger partial charge in [-0.25, -0.2) is 9.37 Å². The van der Waals surface area contributed by atoms with Crippen molar-refractivity contribution in [3.05, 3.63) is 47.4 Å². The number of anilines is 1. The molecule has 2 aliphatic carbocycles. The lowest BCUT2D eigenvalue weighted by Crippen LogP contribution is -2.61. The zero-order valence-corrected chi connectivity index (χ0v) is 33.0. The number of nitrogens with one attached hydrogen (secondary N) is 4. The number of ether oxygens (including phenoxy) is 1. The third kappa shape index (κ3) is 10.1. The predicted molar refractivity (Wildman–Crippen MR) is 206 cm³/mol. The number of carbonyl (C=O) groups is 5. The molecule has 6 rings (SSSR count). The molecule has 3 aliphatic rings. The van der Waals surface area contributed by atoms with Crippen LogP contribution in [0, 0.1) is 17.2 Å². The fourth-order valence-electron chi connectivity index (χ4n) is 7.45. The van der Waals surface area contributed by atoms with Crippen LogP contribution in [0.1, 0.15) is 91.9 Å². The van der Waals surface area contributed by atoms with E-state index >= 15 is 0 Å². The molecule has 3 heterocycles. The maximum atomic E-state index is 14.8. The first-order valence-corrected chi connectivity index (χ1v) is 19.9. The number of hydrogen-bond donors (Lipinski definition) is 4. The smallest absolute Gasteiger partial charge is 0.296 e. The fourth-order valence-corrected chi connectivity index (χ4v) is 7.56. The van der Waals surface area contributed by atoms with Crippen LogP contribution in [-0.4, -0.2) is 87.1 Å². The molecule has 302 valence electrons. The van der Waals surface area contributed by atoms with Gasteiger partial charge in [0, 0.05) is 30.8 Å². The van der Waals surface area contributed by atoms with Gasteiger partial charge in [-0.2, -0.15) is 4.98 Å². The zero-order valence-electron chi connectivity index (χ0n) is 32.2. The number of likely N-dealkylation sites (tertiary alicyclic amines) is 1. The van der Waals surface area contributed by atoms with Crippen LogP contribution in [0.4, 0.5) is 10.4 Å². The van der Waals surface area contributed by atoms with E-state index in [0.29, 0.717) is 17.0 Å². The van der Waals surface area contributed by atoms with E-state index in [-0.39, 0.29) is 48.8 Å². The van der Waals surface area contributed by atoms with E-state index in [1.165, 1.54) is 29.3 Å². The highest BCUT2D eigenvalue weighted by atomic mass is 35.5. The summed E-state index contributed by atoms with van der Waals surface area (Å²) >= 11 is 6.03. The number of oxazole rings is 1. The molecular formula is C40H51ClFN7O7. The molecule has 4 amide bonds. The molecule has 1 aliphatic heterocycles. The number of aromatic nitrogens is 2. The first-order chi connectivity index (χ1) is 26.7. The first kappa shape index (κ1) is 40.9. The summed E-state index contributed by atoms with van der Waals surface area (Å²) in [6.45, 7) is 7.27.